The highest BCUT2D eigenvalue weighted by molar-refractivity contribution is 7.13. The molecular weight excluding hydrogens is 382 g/mol. The first-order valence-corrected chi connectivity index (χ1v) is 8.85. The summed E-state index contributed by atoms with van der Waals surface area (Å²) < 4.78 is 148. The van der Waals surface area contributed by atoms with E-state index < -0.39 is 120 Å². The molecule has 6 heteroatoms. The number of nitrogen functional groups attached to an aromatic ring is 1. The standard InChI is InChI=1S/C23H27N3O2S/c1-16-5-4-7-18(13-16)21(27)8-3-2-6-17-9-11-19(12-10-17)25-22(28)14-20-15-29-23(24)26-20/h4-5,7,9-13,15,21,27H,2-3,6,8,14H2,1H3,(H2,24,26)(H,25,28)/t21-/m0/s1/i2D2,4D,5D,6D2,7D,8D2,9D,10D,11D,12D,13D,14D2,15D,21D. The van der Waals surface area contributed by atoms with Gasteiger partial charge in [0.2, 0.25) is 5.91 Å². The van der Waals surface area contributed by atoms with Gasteiger partial charge in [-0.25, -0.2) is 4.98 Å². The van der Waals surface area contributed by atoms with Crippen LogP contribution in [0.4, 0.5) is 10.8 Å². The monoisotopic (exact) mass is 427 g/mol. The summed E-state index contributed by atoms with van der Waals surface area (Å²) in [5.74, 6) is -1.59. The number of benzene rings is 2. The van der Waals surface area contributed by atoms with E-state index in [1.54, 1.807) is 0 Å². The number of nitrogens with one attached hydrogen (secondary N) is 1. The average Bonchev–Trinajstić information content (AvgIpc) is 3.29. The number of carbonyl (C=O) groups excluding carboxylic acids is 1. The van der Waals surface area contributed by atoms with Gasteiger partial charge < -0.3 is 16.2 Å². The predicted molar refractivity (Wildman–Crippen MR) is 119 cm³/mol. The second kappa shape index (κ2) is 10.2. The largest absolute Gasteiger partial charge is 0.388 e. The molecule has 0 unspecified atom stereocenters. The van der Waals surface area contributed by atoms with Crippen LogP contribution in [-0.4, -0.2) is 16.0 Å². The van der Waals surface area contributed by atoms with Crippen molar-refractivity contribution in [3.8, 4) is 0 Å². The molecule has 29 heavy (non-hydrogen) atoms. The fourth-order valence-electron chi connectivity index (χ4n) is 1.90. The van der Waals surface area contributed by atoms with E-state index in [2.05, 4.69) is 4.98 Å². The fourth-order valence-corrected chi connectivity index (χ4v) is 2.34. The van der Waals surface area contributed by atoms with Crippen molar-refractivity contribution in [2.75, 3.05) is 11.1 Å². The zero-order valence-corrected chi connectivity index (χ0v) is 15.8. The van der Waals surface area contributed by atoms with Crippen molar-refractivity contribution in [2.24, 2.45) is 0 Å². The van der Waals surface area contributed by atoms with Crippen molar-refractivity contribution < 1.29 is 34.6 Å². The molecule has 1 aromatic heterocycles. The molecular formula is C23H27N3O2S. The molecule has 1 atom stereocenters. The normalized spacial score (nSPS) is 23.9. The number of nitrogens with zero attached hydrogens (tertiary/aromatic N) is 1. The zero-order chi connectivity index (χ0) is 36.6. The molecule has 0 aliphatic rings. The minimum absolute atomic E-state index is 0.234. The number of aliphatic hydroxyl groups is 1. The third-order valence-corrected chi connectivity index (χ3v) is 3.71. The third-order valence-electron chi connectivity index (χ3n) is 3.11. The average molecular weight is 428 g/mol. The number of aromatic nitrogens is 1. The van der Waals surface area contributed by atoms with Crippen LogP contribution in [0.1, 0.15) is 72.3 Å². The predicted octanol–water partition coefficient (Wildman–Crippen LogP) is 4.66. The maximum absolute atomic E-state index is 12.8. The number of rotatable bonds is 9. The lowest BCUT2D eigenvalue weighted by atomic mass is 10.00. The number of amides is 1. The van der Waals surface area contributed by atoms with E-state index in [9.17, 15) is 9.90 Å². The molecule has 5 nitrogen and oxygen atoms in total. The smallest absolute Gasteiger partial charge is 0.230 e. The van der Waals surface area contributed by atoms with E-state index in [4.69, 9.17) is 30.4 Å². The van der Waals surface area contributed by atoms with Gasteiger partial charge in [-0.1, -0.05) is 48.2 Å². The first-order valence-electron chi connectivity index (χ1n) is 17.0. The molecule has 0 aliphatic carbocycles. The summed E-state index contributed by atoms with van der Waals surface area (Å²) in [4.78, 5) is 16.4. The Morgan fingerprint density at radius 2 is 2.17 bits per heavy atom. The minimum atomic E-state index is -3.67. The molecule has 0 saturated heterocycles. The Bertz CT molecular complexity index is 1720. The lowest BCUT2D eigenvalue weighted by Crippen LogP contribution is -2.14. The van der Waals surface area contributed by atoms with E-state index in [0.717, 1.165) is 6.92 Å². The van der Waals surface area contributed by atoms with Crippen LogP contribution in [0.25, 0.3) is 0 Å². The van der Waals surface area contributed by atoms with Crippen LogP contribution in [0.2, 0.25) is 0 Å². The summed E-state index contributed by atoms with van der Waals surface area (Å²) >= 11 is 0.558. The molecule has 3 rings (SSSR count). The summed E-state index contributed by atoms with van der Waals surface area (Å²) in [5, 5.41) is 12.1. The van der Waals surface area contributed by atoms with Crippen LogP contribution in [-0.2, 0) is 17.5 Å². The molecule has 0 aliphatic heterocycles. The molecule has 1 heterocycles. The molecule has 0 fully saturated rings. The van der Waals surface area contributed by atoms with Crippen molar-refractivity contribution in [1.29, 1.82) is 0 Å². The first kappa shape index (κ1) is 7.85. The van der Waals surface area contributed by atoms with Crippen LogP contribution in [0, 0.1) is 6.92 Å². The summed E-state index contributed by atoms with van der Waals surface area (Å²) in [6.07, 6.45) is -19.2. The Hall–Kier alpha value is -2.70. The molecule has 152 valence electrons. The summed E-state index contributed by atoms with van der Waals surface area (Å²) in [6.45, 7) is 1.15. The van der Waals surface area contributed by atoms with Gasteiger partial charge in [-0.2, -0.15) is 0 Å². The highest BCUT2D eigenvalue weighted by Crippen LogP contribution is 2.21. The quantitative estimate of drug-likeness (QED) is 0.463. The lowest BCUT2D eigenvalue weighted by Gasteiger charge is -2.11. The number of hydrogen-bond acceptors (Lipinski definition) is 5. The van der Waals surface area contributed by atoms with Gasteiger partial charge >= 0.3 is 0 Å². The van der Waals surface area contributed by atoms with E-state index in [1.807, 2.05) is 5.32 Å². The molecule has 0 bridgehead atoms. The van der Waals surface area contributed by atoms with Gasteiger partial charge in [-0.05, 0) is 49.3 Å². The maximum atomic E-state index is 12.8. The Labute approximate surface area is 200 Å². The Morgan fingerprint density at radius 3 is 2.90 bits per heavy atom. The number of anilines is 2. The molecule has 0 radical (unpaired) electrons. The maximum Gasteiger partial charge on any atom is 0.230 e. The van der Waals surface area contributed by atoms with Crippen LogP contribution in [0.5, 0.6) is 0 Å². The van der Waals surface area contributed by atoms with E-state index in [-0.39, 0.29) is 10.7 Å². The summed E-state index contributed by atoms with van der Waals surface area (Å²) in [7, 11) is 0. The van der Waals surface area contributed by atoms with Gasteiger partial charge in [-0.3, -0.25) is 4.79 Å². The van der Waals surface area contributed by atoms with Crippen molar-refractivity contribution in [3.05, 3.63) is 76.1 Å². The Balaban J connectivity index is 2.08. The molecule has 0 spiro atoms. The van der Waals surface area contributed by atoms with Gasteiger partial charge in [0.25, 0.3) is 0 Å². The highest BCUT2D eigenvalue weighted by Gasteiger charge is 2.08. The van der Waals surface area contributed by atoms with Gasteiger partial charge in [0.05, 0.1) is 31.9 Å². The van der Waals surface area contributed by atoms with Gasteiger partial charge in [0.15, 0.2) is 5.13 Å². The Kier molecular flexibility index (Phi) is 2.76. The molecule has 2 aromatic carbocycles. The van der Waals surface area contributed by atoms with Crippen molar-refractivity contribution in [1.82, 2.24) is 4.98 Å². The zero-order valence-electron chi connectivity index (χ0n) is 33.0. The SMILES string of the molecule is [2H]c1sc(N)nc1C([2H])([2H])C(=O)Nc1c([2H])c([2H])c(C([2H])([2H])C([2H])([2H])CC([2H])([2H])[C@]([2H])(O)c2c([2H])c([2H])c([2H])c(C)c2[2H])c([2H])c1[2H]. The first-order chi connectivity index (χ1) is 21.1. The summed E-state index contributed by atoms with van der Waals surface area (Å²) in [6, 6.07) is -8.17. The minimum Gasteiger partial charge on any atom is -0.388 e. The lowest BCUT2D eigenvalue weighted by molar-refractivity contribution is -0.115. The van der Waals surface area contributed by atoms with Crippen LogP contribution in [0.15, 0.2) is 53.7 Å². The molecule has 3 aromatic rings. The van der Waals surface area contributed by atoms with Crippen LogP contribution < -0.4 is 11.1 Å². The molecule has 0 saturated carbocycles. The van der Waals surface area contributed by atoms with Gasteiger partial charge in [-0.15, -0.1) is 11.3 Å². The van der Waals surface area contributed by atoms with E-state index >= 15 is 0 Å². The topological polar surface area (TPSA) is 88.2 Å². The van der Waals surface area contributed by atoms with E-state index in [0.29, 0.717) is 11.3 Å². The summed E-state index contributed by atoms with van der Waals surface area (Å²) in [5.41, 5.74) is 1.20. The van der Waals surface area contributed by atoms with Crippen molar-refractivity contribution in [3.63, 3.8) is 0 Å². The second-order valence-corrected chi connectivity index (χ2v) is 6.16. The van der Waals surface area contributed by atoms with E-state index in [1.165, 1.54) is 0 Å². The number of hydrogen-bond donors (Lipinski definition) is 3. The number of thiazole rings is 1. The van der Waals surface area contributed by atoms with Crippen LogP contribution in [0.3, 0.4) is 0 Å². The number of carbonyl (C=O) groups is 1. The van der Waals surface area contributed by atoms with Crippen molar-refractivity contribution >= 4 is 28.1 Å². The van der Waals surface area contributed by atoms with Crippen molar-refractivity contribution in [2.45, 2.75) is 44.9 Å². The van der Waals surface area contributed by atoms with Gasteiger partial charge in [0.1, 0.15) is 0 Å². The second-order valence-electron chi connectivity index (χ2n) is 5.34. The van der Waals surface area contributed by atoms with Gasteiger partial charge in [0, 0.05) is 22.0 Å². The molecule has 1 amide bonds. The van der Waals surface area contributed by atoms with Crippen LogP contribution >= 0.6 is 11.3 Å². The highest BCUT2D eigenvalue weighted by atomic mass is 32.1. The number of nitrogens with two attached hydrogens (primary N) is 1. The molecule has 4 N–H and O–H groups in total. The third kappa shape index (κ3) is 6.69. The Morgan fingerprint density at radius 1 is 1.38 bits per heavy atom. The fraction of sp³-hybridized carbons (Fsp3) is 0.304.